The fraction of sp³-hybridized carbons (Fsp3) is 0.352. The van der Waals surface area contributed by atoms with E-state index in [9.17, 15) is 14.4 Å². The minimum Gasteiger partial charge on any atom is -0.493 e. The summed E-state index contributed by atoms with van der Waals surface area (Å²) in [6, 6.07) is 27.7. The molecule has 1 unspecified atom stereocenters. The van der Waals surface area contributed by atoms with Crippen molar-refractivity contribution in [3.05, 3.63) is 124 Å². The number of carbonyl (C=O) groups is 3. The average molecular weight is 952 g/mol. The third kappa shape index (κ3) is 10.2. The number of carbonyl (C=O) groups excluding carboxylic acids is 3. The van der Waals surface area contributed by atoms with Gasteiger partial charge < -0.3 is 37.9 Å². The molecule has 16 nitrogen and oxygen atoms in total. The fourth-order valence-corrected chi connectivity index (χ4v) is 9.03. The number of benzene rings is 5. The Morgan fingerprint density at radius 3 is 1.60 bits per heavy atom. The molecule has 0 bridgehead atoms. The standard InChI is InChI=1S/C54H57N5O11/c1-54(2,3)70-53(62)57(15-16-66-19-20-67-18-17-63-4)38-22-34(32-68-49-28-43-41(26-47(49)64-5)51(60)58-39(30-55-43)24-36-11-7-9-13-45(36)58)21-35(23-38)33-69-50-29-44-42(27-48(50)65-6)52(61)59-40(31-56-44)25-37-12-8-10-14-46(37)59/h7-14,21-23,26-31,39-40H,15-20,24-25,32-33H2,1-6H3/t39-,40?/m0/s1. The number of methoxy groups -OCH3 is 3. The van der Waals surface area contributed by atoms with Crippen LogP contribution in [0, 0.1) is 0 Å². The molecule has 4 aliphatic heterocycles. The maximum atomic E-state index is 14.1. The molecule has 364 valence electrons. The highest BCUT2D eigenvalue weighted by atomic mass is 16.6. The monoisotopic (exact) mass is 951 g/mol. The topological polar surface area (TPSA) is 159 Å². The Hall–Kier alpha value is -7.27. The second-order valence-electron chi connectivity index (χ2n) is 18.2. The number of rotatable bonds is 18. The Balaban J connectivity index is 1.01. The minimum absolute atomic E-state index is 0.0209. The van der Waals surface area contributed by atoms with Gasteiger partial charge in [-0.3, -0.25) is 34.3 Å². The lowest BCUT2D eigenvalue weighted by Gasteiger charge is -2.28. The molecule has 70 heavy (non-hydrogen) atoms. The summed E-state index contributed by atoms with van der Waals surface area (Å²) in [5.74, 6) is 1.10. The molecule has 5 aromatic carbocycles. The second-order valence-corrected chi connectivity index (χ2v) is 18.2. The molecule has 4 aliphatic rings. The maximum Gasteiger partial charge on any atom is 0.414 e. The van der Waals surface area contributed by atoms with Gasteiger partial charge >= 0.3 is 6.09 Å². The summed E-state index contributed by atoms with van der Waals surface area (Å²) in [6.07, 6.45) is 4.38. The van der Waals surface area contributed by atoms with Gasteiger partial charge in [-0.2, -0.15) is 0 Å². The van der Waals surface area contributed by atoms with E-state index in [1.54, 1.807) is 41.2 Å². The zero-order chi connectivity index (χ0) is 48.9. The Kier molecular flexibility index (Phi) is 14.2. The molecule has 16 heteroatoms. The van der Waals surface area contributed by atoms with Gasteiger partial charge in [0.2, 0.25) is 0 Å². The van der Waals surface area contributed by atoms with E-state index in [0.29, 0.717) is 102 Å². The first-order chi connectivity index (χ1) is 33.9. The quantitative estimate of drug-likeness (QED) is 0.0773. The van der Waals surface area contributed by atoms with Gasteiger partial charge in [0.25, 0.3) is 11.8 Å². The van der Waals surface area contributed by atoms with E-state index in [1.165, 1.54) is 19.1 Å². The lowest BCUT2D eigenvalue weighted by atomic mass is 10.1. The summed E-state index contributed by atoms with van der Waals surface area (Å²) in [5, 5.41) is 0. The molecule has 0 aliphatic carbocycles. The van der Waals surface area contributed by atoms with Crippen LogP contribution >= 0.6 is 0 Å². The van der Waals surface area contributed by atoms with Crippen LogP contribution in [0.5, 0.6) is 23.0 Å². The van der Waals surface area contributed by atoms with Gasteiger partial charge in [0.15, 0.2) is 23.0 Å². The molecular formula is C54H57N5O11. The second kappa shape index (κ2) is 20.8. The van der Waals surface area contributed by atoms with Gasteiger partial charge in [0.1, 0.15) is 18.8 Å². The predicted octanol–water partition coefficient (Wildman–Crippen LogP) is 8.86. The van der Waals surface area contributed by atoms with Gasteiger partial charge in [0.05, 0.1) is 88.4 Å². The molecule has 9 rings (SSSR count). The summed E-state index contributed by atoms with van der Waals surface area (Å²) in [6.45, 7) is 7.39. The van der Waals surface area contributed by atoms with Crippen molar-refractivity contribution < 1.29 is 52.3 Å². The van der Waals surface area contributed by atoms with Crippen LogP contribution in [0.25, 0.3) is 0 Å². The number of aliphatic imine (C=N–C) groups is 2. The normalized spacial score (nSPS) is 16.3. The van der Waals surface area contributed by atoms with Gasteiger partial charge in [-0.15, -0.1) is 0 Å². The first-order valence-electron chi connectivity index (χ1n) is 23.3. The highest BCUT2D eigenvalue weighted by Gasteiger charge is 2.38. The molecule has 3 amide bonds. The number of nitrogens with zero attached hydrogens (tertiary/aromatic N) is 5. The van der Waals surface area contributed by atoms with E-state index in [-0.39, 0.29) is 50.3 Å². The van der Waals surface area contributed by atoms with Crippen LogP contribution in [0.4, 0.5) is 33.2 Å². The number of fused-ring (bicyclic) bond motifs is 8. The van der Waals surface area contributed by atoms with Crippen molar-refractivity contribution in [2.45, 2.75) is 64.5 Å². The summed E-state index contributed by atoms with van der Waals surface area (Å²) >= 11 is 0. The van der Waals surface area contributed by atoms with Gasteiger partial charge in [0, 0.05) is 61.6 Å². The highest BCUT2D eigenvalue weighted by molar-refractivity contribution is 6.16. The Morgan fingerprint density at radius 1 is 0.629 bits per heavy atom. The van der Waals surface area contributed by atoms with Crippen LogP contribution < -0.4 is 33.6 Å². The van der Waals surface area contributed by atoms with E-state index in [2.05, 4.69) is 0 Å². The van der Waals surface area contributed by atoms with Crippen molar-refractivity contribution in [1.82, 2.24) is 0 Å². The number of anilines is 3. The number of ether oxygens (including phenoxy) is 8. The van der Waals surface area contributed by atoms with Gasteiger partial charge in [-0.25, -0.2) is 4.79 Å². The predicted molar refractivity (Wildman–Crippen MR) is 266 cm³/mol. The smallest absolute Gasteiger partial charge is 0.414 e. The number of para-hydroxylation sites is 2. The molecule has 0 saturated carbocycles. The summed E-state index contributed by atoms with van der Waals surface area (Å²) in [7, 11) is 4.66. The van der Waals surface area contributed by atoms with Crippen LogP contribution in [0.15, 0.2) is 101 Å². The Morgan fingerprint density at radius 2 is 1.11 bits per heavy atom. The lowest BCUT2D eigenvalue weighted by Crippen LogP contribution is -2.39. The van der Waals surface area contributed by atoms with Crippen LogP contribution in [-0.2, 0) is 45.0 Å². The van der Waals surface area contributed by atoms with Crippen LogP contribution in [-0.4, -0.2) is 109 Å². The molecule has 0 aromatic heterocycles. The summed E-state index contributed by atoms with van der Waals surface area (Å²) in [4.78, 5) is 56.9. The lowest BCUT2D eigenvalue weighted by molar-refractivity contribution is 0.0252. The third-order valence-electron chi connectivity index (χ3n) is 12.3. The average Bonchev–Trinajstić information content (AvgIpc) is 3.84. The van der Waals surface area contributed by atoms with Gasteiger partial charge in [-0.1, -0.05) is 36.4 Å². The first kappa shape index (κ1) is 47.8. The fourth-order valence-electron chi connectivity index (χ4n) is 9.03. The van der Waals surface area contributed by atoms with Crippen LogP contribution in [0.2, 0.25) is 0 Å². The van der Waals surface area contributed by atoms with Crippen molar-refractivity contribution in [1.29, 1.82) is 0 Å². The summed E-state index contributed by atoms with van der Waals surface area (Å²) in [5.41, 5.74) is 6.68. The number of hydrogen-bond donors (Lipinski definition) is 0. The highest BCUT2D eigenvalue weighted by Crippen LogP contribution is 2.43. The summed E-state index contributed by atoms with van der Waals surface area (Å²) < 4.78 is 47.1. The molecular weight excluding hydrogens is 895 g/mol. The van der Waals surface area contributed by atoms with Gasteiger partial charge in [-0.05, 0) is 85.5 Å². The van der Waals surface area contributed by atoms with Crippen molar-refractivity contribution in [3.63, 3.8) is 0 Å². The molecule has 4 heterocycles. The van der Waals surface area contributed by atoms with Crippen molar-refractivity contribution in [2.75, 3.05) is 75.6 Å². The van der Waals surface area contributed by atoms with E-state index >= 15 is 0 Å². The van der Waals surface area contributed by atoms with Crippen LogP contribution in [0.3, 0.4) is 0 Å². The van der Waals surface area contributed by atoms with Crippen molar-refractivity contribution >= 4 is 58.8 Å². The third-order valence-corrected chi connectivity index (χ3v) is 12.3. The van der Waals surface area contributed by atoms with Crippen LogP contribution in [0.1, 0.15) is 63.7 Å². The first-order valence-corrected chi connectivity index (χ1v) is 23.3. The zero-order valence-corrected chi connectivity index (χ0v) is 40.3. The molecule has 0 fully saturated rings. The van der Waals surface area contributed by atoms with E-state index in [1.807, 2.05) is 99.9 Å². The molecule has 0 N–H and O–H groups in total. The molecule has 5 aromatic rings. The Bertz CT molecular complexity index is 2680. The van der Waals surface area contributed by atoms with E-state index < -0.39 is 11.7 Å². The van der Waals surface area contributed by atoms with Crippen molar-refractivity contribution in [3.8, 4) is 23.0 Å². The maximum absolute atomic E-state index is 14.1. The Labute approximate surface area is 407 Å². The SMILES string of the molecule is COCCOCCOCCN(C(=O)OC(C)(C)C)c1cc(COc2cc3c(cc2OC)C(=O)N2c4ccccc4CC2C=N3)cc(COc2cc3c(cc2OC)C(=O)N2c4ccccc4C[C@H]2C=N3)c1. The molecule has 0 saturated heterocycles. The van der Waals surface area contributed by atoms with Crippen molar-refractivity contribution in [2.24, 2.45) is 9.98 Å². The largest absolute Gasteiger partial charge is 0.493 e. The molecule has 0 radical (unpaired) electrons. The minimum atomic E-state index is -0.798. The van der Waals surface area contributed by atoms with E-state index in [0.717, 1.165) is 22.5 Å². The zero-order valence-electron chi connectivity index (χ0n) is 40.3. The molecule has 0 spiro atoms. The number of amides is 3. The number of hydrogen-bond acceptors (Lipinski definition) is 13. The van der Waals surface area contributed by atoms with E-state index in [4.69, 9.17) is 47.9 Å². The molecule has 2 atom stereocenters.